The van der Waals surface area contributed by atoms with Crippen LogP contribution in [-0.2, 0) is 22.2 Å². The van der Waals surface area contributed by atoms with E-state index in [0.29, 0.717) is 38.4 Å². The Hall–Kier alpha value is -1.67. The Balaban J connectivity index is 0.00000320. The van der Waals surface area contributed by atoms with Crippen molar-refractivity contribution in [3.63, 3.8) is 0 Å². The average Bonchev–Trinajstić information content (AvgIpc) is 3.31. The van der Waals surface area contributed by atoms with Crippen LogP contribution >= 0.6 is 24.0 Å². The maximum absolute atomic E-state index is 12.6. The number of nitrogens with one attached hydrogen (secondary N) is 1. The van der Waals surface area contributed by atoms with Gasteiger partial charge in [0, 0.05) is 50.9 Å². The molecule has 1 aliphatic heterocycles. The molecule has 0 atom stereocenters. The molecule has 0 bridgehead atoms. The van der Waals surface area contributed by atoms with Crippen molar-refractivity contribution in [1.29, 1.82) is 0 Å². The van der Waals surface area contributed by atoms with Crippen molar-refractivity contribution in [2.75, 3.05) is 39.3 Å². The molecule has 0 unspecified atom stereocenters. The van der Waals surface area contributed by atoms with Crippen LogP contribution in [0.4, 0.5) is 0 Å². The number of rotatable bonds is 7. The Bertz CT molecular complexity index is 901. The summed E-state index contributed by atoms with van der Waals surface area (Å²) in [5, 5.41) is 11.0. The summed E-state index contributed by atoms with van der Waals surface area (Å²) in [7, 11) is -3.42. The third-order valence-corrected chi connectivity index (χ3v) is 6.71. The molecule has 0 aromatic carbocycles. The molecule has 0 aliphatic carbocycles. The van der Waals surface area contributed by atoms with Crippen molar-refractivity contribution >= 4 is 40.0 Å². The van der Waals surface area contributed by atoms with E-state index in [2.05, 4.69) is 20.5 Å². The van der Waals surface area contributed by atoms with Gasteiger partial charge in [-0.05, 0) is 27.2 Å². The van der Waals surface area contributed by atoms with Gasteiger partial charge in [-0.25, -0.2) is 8.42 Å². The van der Waals surface area contributed by atoms with Crippen LogP contribution in [0.25, 0.3) is 0 Å². The molecule has 2 aromatic heterocycles. The Morgan fingerprint density at radius 2 is 1.97 bits per heavy atom. The van der Waals surface area contributed by atoms with E-state index in [9.17, 15) is 8.42 Å². The summed E-state index contributed by atoms with van der Waals surface area (Å²) in [4.78, 5) is 6.81. The average molecular weight is 552 g/mol. The van der Waals surface area contributed by atoms with E-state index in [1.807, 2.05) is 20.8 Å². The second-order valence-electron chi connectivity index (χ2n) is 6.92. The molecular formula is C18H29IN6O4S. The van der Waals surface area contributed by atoms with E-state index < -0.39 is 10.0 Å². The van der Waals surface area contributed by atoms with Gasteiger partial charge in [0.2, 0.25) is 10.0 Å². The molecular weight excluding hydrogens is 523 g/mol. The first-order chi connectivity index (χ1) is 13.9. The highest BCUT2D eigenvalue weighted by molar-refractivity contribution is 14.0. The summed E-state index contributed by atoms with van der Waals surface area (Å²) >= 11 is 0. The normalized spacial score (nSPS) is 15.8. The van der Waals surface area contributed by atoms with Gasteiger partial charge in [0.1, 0.15) is 17.8 Å². The Morgan fingerprint density at radius 3 is 2.53 bits per heavy atom. The van der Waals surface area contributed by atoms with Gasteiger partial charge < -0.3 is 19.3 Å². The Kier molecular flexibility index (Phi) is 9.09. The van der Waals surface area contributed by atoms with Gasteiger partial charge in [-0.1, -0.05) is 10.3 Å². The fourth-order valence-corrected chi connectivity index (χ4v) is 4.75. The fourth-order valence-electron chi connectivity index (χ4n) is 3.33. The highest BCUT2D eigenvalue weighted by atomic mass is 127. The Morgan fingerprint density at radius 1 is 1.23 bits per heavy atom. The highest BCUT2D eigenvalue weighted by Gasteiger charge is 2.29. The summed E-state index contributed by atoms with van der Waals surface area (Å²) in [6.07, 6.45) is 2.13. The minimum absolute atomic E-state index is 0. The van der Waals surface area contributed by atoms with Crippen LogP contribution in [0, 0.1) is 13.8 Å². The smallest absolute Gasteiger partial charge is 0.220 e. The molecule has 168 valence electrons. The number of nitrogens with zero attached hydrogens (tertiary/aromatic N) is 5. The minimum Gasteiger partial charge on any atom is -0.364 e. The number of aromatic nitrogens is 2. The van der Waals surface area contributed by atoms with Crippen molar-refractivity contribution in [2.24, 2.45) is 4.99 Å². The van der Waals surface area contributed by atoms with E-state index in [1.165, 1.54) is 10.6 Å². The molecule has 3 heterocycles. The van der Waals surface area contributed by atoms with Crippen LogP contribution in [0.1, 0.15) is 29.6 Å². The number of hydrogen-bond acceptors (Lipinski definition) is 7. The van der Waals surface area contributed by atoms with E-state index in [0.717, 1.165) is 35.9 Å². The van der Waals surface area contributed by atoms with Gasteiger partial charge >= 0.3 is 0 Å². The third-order valence-electron chi connectivity index (χ3n) is 4.89. The van der Waals surface area contributed by atoms with Gasteiger partial charge in [0.25, 0.3) is 0 Å². The molecule has 1 aliphatic rings. The van der Waals surface area contributed by atoms with Crippen molar-refractivity contribution in [2.45, 2.75) is 32.9 Å². The van der Waals surface area contributed by atoms with Gasteiger partial charge in [-0.2, -0.15) is 4.31 Å². The number of sulfonamides is 1. The number of piperazine rings is 1. The lowest BCUT2D eigenvalue weighted by Gasteiger charge is -2.35. The van der Waals surface area contributed by atoms with Crippen LogP contribution < -0.4 is 5.32 Å². The standard InChI is InChI=1S/C18H28N6O4S.HI/c1-4-19-18(20-7-5-17-14(2)21-28-15(17)3)23-8-10-24(11-9-23)29(25,26)13-16-6-12-27-22-16;/h6,12H,4-5,7-11,13H2,1-3H3,(H,19,20);1H. The molecule has 0 spiro atoms. The van der Waals surface area contributed by atoms with Gasteiger partial charge in [-0.3, -0.25) is 4.99 Å². The number of aryl methyl sites for hydroxylation is 2. The highest BCUT2D eigenvalue weighted by Crippen LogP contribution is 2.14. The predicted molar refractivity (Wildman–Crippen MR) is 123 cm³/mol. The predicted octanol–water partition coefficient (Wildman–Crippen LogP) is 1.55. The van der Waals surface area contributed by atoms with Gasteiger partial charge in [0.05, 0.1) is 11.4 Å². The Labute approximate surface area is 194 Å². The summed E-state index contributed by atoms with van der Waals surface area (Å²) in [5.74, 6) is 1.48. The second-order valence-corrected chi connectivity index (χ2v) is 8.89. The van der Waals surface area contributed by atoms with Crippen LogP contribution in [0.5, 0.6) is 0 Å². The molecule has 12 heteroatoms. The monoisotopic (exact) mass is 552 g/mol. The van der Waals surface area contributed by atoms with Crippen molar-refractivity contribution in [3.8, 4) is 0 Å². The zero-order valence-electron chi connectivity index (χ0n) is 17.5. The third kappa shape index (κ3) is 6.17. The van der Waals surface area contributed by atoms with E-state index >= 15 is 0 Å². The molecule has 0 radical (unpaired) electrons. The number of halogens is 1. The van der Waals surface area contributed by atoms with Gasteiger partial charge in [0.15, 0.2) is 5.96 Å². The van der Waals surface area contributed by atoms with E-state index in [-0.39, 0.29) is 29.7 Å². The molecule has 0 amide bonds. The van der Waals surface area contributed by atoms with Crippen LogP contribution in [-0.4, -0.2) is 73.2 Å². The van der Waals surface area contributed by atoms with Crippen molar-refractivity contribution < 1.29 is 17.5 Å². The van der Waals surface area contributed by atoms with Crippen LogP contribution in [0.15, 0.2) is 26.4 Å². The summed E-state index contributed by atoms with van der Waals surface area (Å²) in [5.41, 5.74) is 2.41. The lowest BCUT2D eigenvalue weighted by molar-refractivity contribution is 0.260. The number of guanidine groups is 1. The summed E-state index contributed by atoms with van der Waals surface area (Å²) in [6, 6.07) is 1.57. The lowest BCUT2D eigenvalue weighted by Crippen LogP contribution is -2.54. The zero-order valence-corrected chi connectivity index (χ0v) is 20.6. The number of aliphatic imine (C=N–C) groups is 1. The maximum atomic E-state index is 12.6. The van der Waals surface area contributed by atoms with Crippen LogP contribution in [0.2, 0.25) is 0 Å². The SMILES string of the molecule is CCNC(=NCCc1c(C)noc1C)N1CCN(S(=O)(=O)Cc2ccon2)CC1.I. The quantitative estimate of drug-likeness (QED) is 0.313. The lowest BCUT2D eigenvalue weighted by atomic mass is 10.1. The van der Waals surface area contributed by atoms with Gasteiger partial charge in [-0.15, -0.1) is 24.0 Å². The fraction of sp³-hybridized carbons (Fsp3) is 0.611. The first-order valence-corrected chi connectivity index (χ1v) is 11.3. The summed E-state index contributed by atoms with van der Waals surface area (Å²) < 4.78 is 36.6. The van der Waals surface area contributed by atoms with Crippen LogP contribution in [0.3, 0.4) is 0 Å². The molecule has 30 heavy (non-hydrogen) atoms. The second kappa shape index (κ2) is 11.1. The van der Waals surface area contributed by atoms with Crippen molar-refractivity contribution in [1.82, 2.24) is 24.8 Å². The topological polar surface area (TPSA) is 117 Å². The summed E-state index contributed by atoms with van der Waals surface area (Å²) in [6.45, 7) is 9.18. The minimum atomic E-state index is -3.42. The molecule has 10 nitrogen and oxygen atoms in total. The van der Waals surface area contributed by atoms with E-state index in [1.54, 1.807) is 6.07 Å². The first kappa shape index (κ1) is 24.6. The molecule has 1 fully saturated rings. The molecule has 2 aromatic rings. The zero-order chi connectivity index (χ0) is 20.9. The molecule has 3 rings (SSSR count). The van der Waals surface area contributed by atoms with Crippen molar-refractivity contribution in [3.05, 3.63) is 35.0 Å². The first-order valence-electron chi connectivity index (χ1n) is 9.72. The van der Waals surface area contributed by atoms with E-state index in [4.69, 9.17) is 14.0 Å². The maximum Gasteiger partial charge on any atom is 0.220 e. The molecule has 1 saturated heterocycles. The largest absolute Gasteiger partial charge is 0.364 e. The molecule has 1 N–H and O–H groups in total. The number of hydrogen-bond donors (Lipinski definition) is 1. The molecule has 0 saturated carbocycles.